The summed E-state index contributed by atoms with van der Waals surface area (Å²) in [5, 5.41) is 1.51. The van der Waals surface area contributed by atoms with E-state index in [1.807, 2.05) is 22.4 Å². The number of ketones is 1. The van der Waals surface area contributed by atoms with E-state index < -0.39 is 15.2 Å². The number of nitrogens with zero attached hydrogens (tertiary/aromatic N) is 1. The normalized spacial score (nSPS) is 20.9. The number of carbonyl (C=O) groups is 1. The molecule has 1 aromatic heterocycles. The van der Waals surface area contributed by atoms with Gasteiger partial charge in [-0.25, -0.2) is 8.42 Å². The van der Waals surface area contributed by atoms with E-state index in [9.17, 15) is 13.2 Å². The highest BCUT2D eigenvalue weighted by Crippen LogP contribution is 2.21. The second-order valence-electron chi connectivity index (χ2n) is 4.90. The molecule has 2 heterocycles. The minimum atomic E-state index is -3.05. The monoisotopic (exact) mass is 333 g/mol. The Morgan fingerprint density at radius 1 is 1.50 bits per heavy atom. The average Bonchev–Trinajstić information content (AvgIpc) is 2.92. The van der Waals surface area contributed by atoms with Crippen molar-refractivity contribution in [1.29, 1.82) is 0 Å². The third-order valence-corrected chi connectivity index (χ3v) is 6.93. The molecule has 1 unspecified atom stereocenters. The maximum Gasteiger partial charge on any atom is 0.172 e. The highest BCUT2D eigenvalue weighted by Gasteiger charge is 2.30. The number of hydrogen-bond acceptors (Lipinski definition) is 6. The Kier molecular flexibility index (Phi) is 5.65. The van der Waals surface area contributed by atoms with Crippen LogP contribution in [0.2, 0.25) is 0 Å². The van der Waals surface area contributed by atoms with Gasteiger partial charge < -0.3 is 0 Å². The van der Waals surface area contributed by atoms with E-state index in [0.29, 0.717) is 25.1 Å². The summed E-state index contributed by atoms with van der Waals surface area (Å²) in [7, 11) is -3.05. The Hall–Kier alpha value is -0.370. The summed E-state index contributed by atoms with van der Waals surface area (Å²) in [6, 6.07) is 3.71. The van der Waals surface area contributed by atoms with Gasteiger partial charge in [0, 0.05) is 30.7 Å². The molecule has 0 spiro atoms. The molecular weight excluding hydrogens is 314 g/mol. The van der Waals surface area contributed by atoms with E-state index in [-0.39, 0.29) is 5.78 Å². The van der Waals surface area contributed by atoms with Gasteiger partial charge in [-0.15, -0.1) is 11.3 Å². The summed E-state index contributed by atoms with van der Waals surface area (Å²) < 4.78 is 23.5. The highest BCUT2D eigenvalue weighted by atomic mass is 32.2. The number of rotatable bonds is 6. The fraction of sp³-hybridized carbons (Fsp3) is 0.615. The predicted octanol–water partition coefficient (Wildman–Crippen LogP) is 2.13. The number of thioether (sulfide) groups is 1. The van der Waals surface area contributed by atoms with E-state index in [2.05, 4.69) is 0 Å². The Morgan fingerprint density at radius 3 is 2.95 bits per heavy atom. The molecule has 1 saturated heterocycles. The second-order valence-corrected chi connectivity index (χ2v) is 9.20. The Labute approximate surface area is 128 Å². The molecule has 112 valence electrons. The summed E-state index contributed by atoms with van der Waals surface area (Å²) in [6.07, 6.45) is 2.50. The average molecular weight is 333 g/mol. The van der Waals surface area contributed by atoms with E-state index in [0.717, 1.165) is 17.2 Å². The van der Waals surface area contributed by atoms with E-state index >= 15 is 0 Å². The molecule has 0 aliphatic carbocycles. The van der Waals surface area contributed by atoms with Crippen LogP contribution in [0.15, 0.2) is 17.5 Å². The Bertz CT molecular complexity index is 539. The topological polar surface area (TPSA) is 54.5 Å². The van der Waals surface area contributed by atoms with Crippen molar-refractivity contribution in [2.75, 3.05) is 30.9 Å². The van der Waals surface area contributed by atoms with Gasteiger partial charge in [0.25, 0.3) is 0 Å². The molecule has 4 nitrogen and oxygen atoms in total. The van der Waals surface area contributed by atoms with Crippen molar-refractivity contribution < 1.29 is 13.2 Å². The van der Waals surface area contributed by atoms with Crippen LogP contribution in [0.25, 0.3) is 0 Å². The number of sulfone groups is 1. The smallest absolute Gasteiger partial charge is 0.172 e. The van der Waals surface area contributed by atoms with Crippen LogP contribution in [0, 0.1) is 0 Å². The van der Waals surface area contributed by atoms with Crippen LogP contribution < -0.4 is 0 Å². The molecule has 0 N–H and O–H groups in total. The minimum absolute atomic E-state index is 0.155. The van der Waals surface area contributed by atoms with Crippen molar-refractivity contribution in [2.45, 2.75) is 18.2 Å². The van der Waals surface area contributed by atoms with Crippen molar-refractivity contribution in [3.8, 4) is 0 Å². The molecule has 0 bridgehead atoms. The standard InChI is InChI=1S/C13H19NO3S3/c1-20(16,17)13-10-18-9-7-14(13)6-2-4-11(15)12-5-3-8-19-12/h3,5,8,13H,2,4,6-7,9-10H2,1H3. The summed E-state index contributed by atoms with van der Waals surface area (Å²) in [6.45, 7) is 1.46. The van der Waals surface area contributed by atoms with Gasteiger partial charge in [-0.2, -0.15) is 11.8 Å². The van der Waals surface area contributed by atoms with Gasteiger partial charge >= 0.3 is 0 Å². The van der Waals surface area contributed by atoms with E-state index in [1.54, 1.807) is 11.8 Å². The lowest BCUT2D eigenvalue weighted by Gasteiger charge is -2.33. The first kappa shape index (κ1) is 16.0. The van der Waals surface area contributed by atoms with E-state index in [4.69, 9.17) is 0 Å². The number of hydrogen-bond donors (Lipinski definition) is 0. The molecule has 1 aliphatic heterocycles. The second kappa shape index (κ2) is 7.06. The third kappa shape index (κ3) is 4.31. The summed E-state index contributed by atoms with van der Waals surface area (Å²) in [5.74, 6) is 1.75. The van der Waals surface area contributed by atoms with Gasteiger partial charge in [0.15, 0.2) is 15.6 Å². The Morgan fingerprint density at radius 2 is 2.30 bits per heavy atom. The summed E-state index contributed by atoms with van der Waals surface area (Å²) >= 11 is 3.14. The molecule has 1 aliphatic rings. The fourth-order valence-corrected chi connectivity index (χ4v) is 5.94. The Balaban J connectivity index is 1.84. The van der Waals surface area contributed by atoms with Crippen molar-refractivity contribution in [2.24, 2.45) is 0 Å². The zero-order valence-corrected chi connectivity index (χ0v) is 13.9. The molecule has 0 saturated carbocycles. The lowest BCUT2D eigenvalue weighted by atomic mass is 10.2. The fourth-order valence-electron chi connectivity index (χ4n) is 2.27. The van der Waals surface area contributed by atoms with Crippen molar-refractivity contribution in [3.05, 3.63) is 22.4 Å². The van der Waals surface area contributed by atoms with Crippen molar-refractivity contribution >= 4 is 38.7 Å². The number of thiophene rings is 1. The van der Waals surface area contributed by atoms with Gasteiger partial charge in [-0.3, -0.25) is 9.69 Å². The lowest BCUT2D eigenvalue weighted by molar-refractivity contribution is 0.0978. The van der Waals surface area contributed by atoms with Crippen LogP contribution in [0.3, 0.4) is 0 Å². The van der Waals surface area contributed by atoms with Crippen LogP contribution in [0.5, 0.6) is 0 Å². The molecule has 20 heavy (non-hydrogen) atoms. The zero-order valence-electron chi connectivity index (χ0n) is 11.4. The molecule has 0 amide bonds. The zero-order chi connectivity index (χ0) is 14.6. The van der Waals surface area contributed by atoms with E-state index in [1.165, 1.54) is 17.6 Å². The lowest BCUT2D eigenvalue weighted by Crippen LogP contribution is -2.47. The number of carbonyl (C=O) groups excluding carboxylic acids is 1. The molecule has 1 fully saturated rings. The largest absolute Gasteiger partial charge is 0.293 e. The van der Waals surface area contributed by atoms with Crippen LogP contribution in [0.1, 0.15) is 22.5 Å². The predicted molar refractivity (Wildman–Crippen MR) is 85.4 cm³/mol. The minimum Gasteiger partial charge on any atom is -0.293 e. The van der Waals surface area contributed by atoms with Crippen LogP contribution >= 0.6 is 23.1 Å². The van der Waals surface area contributed by atoms with Gasteiger partial charge in [0.1, 0.15) is 5.37 Å². The van der Waals surface area contributed by atoms with Crippen LogP contribution in [-0.2, 0) is 9.84 Å². The molecular formula is C13H19NO3S3. The highest BCUT2D eigenvalue weighted by molar-refractivity contribution is 8.00. The maximum absolute atomic E-state index is 11.9. The molecule has 1 aromatic rings. The quantitative estimate of drug-likeness (QED) is 0.747. The molecule has 7 heteroatoms. The first-order valence-electron chi connectivity index (χ1n) is 6.56. The van der Waals surface area contributed by atoms with Crippen molar-refractivity contribution in [3.63, 3.8) is 0 Å². The van der Waals surface area contributed by atoms with Crippen LogP contribution in [0.4, 0.5) is 0 Å². The van der Waals surface area contributed by atoms with Gasteiger partial charge in [-0.05, 0) is 24.4 Å². The maximum atomic E-state index is 11.9. The SMILES string of the molecule is CS(=O)(=O)C1CSCCN1CCCC(=O)c1cccs1. The van der Waals surface area contributed by atoms with Crippen LogP contribution in [-0.4, -0.2) is 55.3 Å². The summed E-state index contributed by atoms with van der Waals surface area (Å²) in [4.78, 5) is 14.7. The number of Topliss-reactive ketones (excluding diaryl/α,β-unsaturated/α-hetero) is 1. The first-order valence-corrected chi connectivity index (χ1v) is 10.5. The molecule has 2 rings (SSSR count). The van der Waals surface area contributed by atoms with Gasteiger partial charge in [0.05, 0.1) is 4.88 Å². The van der Waals surface area contributed by atoms with Gasteiger partial charge in [-0.1, -0.05) is 6.07 Å². The first-order chi connectivity index (χ1) is 9.48. The summed E-state index contributed by atoms with van der Waals surface area (Å²) in [5.41, 5.74) is 0. The van der Waals surface area contributed by atoms with Gasteiger partial charge in [0.2, 0.25) is 0 Å². The molecule has 1 atom stereocenters. The molecule has 0 radical (unpaired) electrons. The molecule has 0 aromatic carbocycles. The third-order valence-electron chi connectivity index (χ3n) is 3.33. The van der Waals surface area contributed by atoms with Crippen molar-refractivity contribution in [1.82, 2.24) is 4.90 Å².